The third kappa shape index (κ3) is 6.17. The zero-order valence-electron chi connectivity index (χ0n) is 16.7. The van der Waals surface area contributed by atoms with Crippen molar-refractivity contribution in [2.45, 2.75) is 33.9 Å². The van der Waals surface area contributed by atoms with Crippen molar-refractivity contribution >= 4 is 11.9 Å². The molecule has 0 atom stereocenters. The number of carbonyl (C=O) groups excluding carboxylic acids is 2. The van der Waals surface area contributed by atoms with E-state index in [0.29, 0.717) is 11.1 Å². The zero-order valence-corrected chi connectivity index (χ0v) is 16.7. The van der Waals surface area contributed by atoms with E-state index in [-0.39, 0.29) is 18.0 Å². The van der Waals surface area contributed by atoms with E-state index in [9.17, 15) is 18.4 Å². The zero-order chi connectivity index (χ0) is 21.6. The Hall–Kier alpha value is -3.16. The molecule has 0 aliphatic heterocycles. The van der Waals surface area contributed by atoms with Crippen LogP contribution in [0.4, 0.5) is 8.78 Å². The number of amides is 1. The van der Waals surface area contributed by atoms with Crippen molar-refractivity contribution in [1.29, 1.82) is 0 Å². The number of carbonyl (C=O) groups is 2. The van der Waals surface area contributed by atoms with Gasteiger partial charge in [0.2, 0.25) is 0 Å². The molecule has 2 rings (SSSR count). The number of hydrogen-bond donors (Lipinski definition) is 1. The first kappa shape index (κ1) is 22.1. The summed E-state index contributed by atoms with van der Waals surface area (Å²) in [5, 5.41) is 2.59. The van der Waals surface area contributed by atoms with Gasteiger partial charge in [0.05, 0.1) is 12.7 Å². The fourth-order valence-corrected chi connectivity index (χ4v) is 2.97. The second-order valence-electron chi connectivity index (χ2n) is 6.49. The lowest BCUT2D eigenvalue weighted by molar-refractivity contribution is -0.124. The Morgan fingerprint density at radius 3 is 2.28 bits per heavy atom. The monoisotopic (exact) mass is 407 g/mol. The summed E-state index contributed by atoms with van der Waals surface area (Å²) in [5.41, 5.74) is 3.66. The predicted octanol–water partition coefficient (Wildman–Crippen LogP) is 3.70. The van der Waals surface area contributed by atoms with Crippen molar-refractivity contribution < 1.29 is 32.6 Å². The summed E-state index contributed by atoms with van der Waals surface area (Å²) in [4.78, 5) is 24.3. The lowest BCUT2D eigenvalue weighted by atomic mass is 10.00. The van der Waals surface area contributed by atoms with Gasteiger partial charge in [-0.05, 0) is 49.6 Å². The summed E-state index contributed by atoms with van der Waals surface area (Å²) in [7, 11) is 1.32. The number of alkyl halides is 2. The number of ether oxygens (including phenoxy) is 3. The van der Waals surface area contributed by atoms with Crippen molar-refractivity contribution in [3.63, 3.8) is 0 Å². The van der Waals surface area contributed by atoms with Crippen molar-refractivity contribution in [2.24, 2.45) is 0 Å². The van der Waals surface area contributed by atoms with E-state index >= 15 is 0 Å². The summed E-state index contributed by atoms with van der Waals surface area (Å²) in [6.45, 7) is 2.25. The first-order valence-corrected chi connectivity index (χ1v) is 8.84. The van der Waals surface area contributed by atoms with Crippen LogP contribution in [0, 0.1) is 20.8 Å². The number of hydrogen-bond acceptors (Lipinski definition) is 5. The summed E-state index contributed by atoms with van der Waals surface area (Å²) in [6, 6.07) is 8.07. The molecular weight excluding hydrogens is 384 g/mol. The molecule has 0 heterocycles. The fraction of sp³-hybridized carbons (Fsp3) is 0.333. The summed E-state index contributed by atoms with van der Waals surface area (Å²) >= 11 is 0. The van der Waals surface area contributed by atoms with Gasteiger partial charge >= 0.3 is 12.6 Å². The van der Waals surface area contributed by atoms with Crippen molar-refractivity contribution in [3.05, 3.63) is 58.1 Å². The molecule has 2 aromatic rings. The lowest BCUT2D eigenvalue weighted by Crippen LogP contribution is -2.28. The van der Waals surface area contributed by atoms with Crippen molar-refractivity contribution in [2.75, 3.05) is 13.7 Å². The van der Waals surface area contributed by atoms with Gasteiger partial charge in [0.1, 0.15) is 0 Å². The van der Waals surface area contributed by atoms with Gasteiger partial charge in [0.15, 0.2) is 18.1 Å². The van der Waals surface area contributed by atoms with Crippen LogP contribution in [0.3, 0.4) is 0 Å². The maximum atomic E-state index is 12.4. The Bertz CT molecular complexity index is 876. The quantitative estimate of drug-likeness (QED) is 0.676. The Kier molecular flexibility index (Phi) is 7.52. The first-order valence-electron chi connectivity index (χ1n) is 8.84. The molecule has 0 radical (unpaired) electrons. The molecule has 29 heavy (non-hydrogen) atoms. The van der Waals surface area contributed by atoms with E-state index in [1.54, 1.807) is 0 Å². The van der Waals surface area contributed by atoms with E-state index < -0.39 is 25.1 Å². The number of aryl methyl sites for hydroxylation is 3. The largest absolute Gasteiger partial charge is 0.493 e. The maximum absolute atomic E-state index is 12.4. The maximum Gasteiger partial charge on any atom is 0.387 e. The number of benzene rings is 2. The van der Waals surface area contributed by atoms with Crippen LogP contribution in [0.5, 0.6) is 11.5 Å². The molecule has 156 valence electrons. The smallest absolute Gasteiger partial charge is 0.387 e. The molecular formula is C21H23F2NO5. The van der Waals surface area contributed by atoms with Crippen LogP contribution in [-0.2, 0) is 16.1 Å². The normalized spacial score (nSPS) is 10.6. The minimum absolute atomic E-state index is 0.101. The Morgan fingerprint density at radius 2 is 1.69 bits per heavy atom. The summed E-state index contributed by atoms with van der Waals surface area (Å²) in [5.74, 6) is -1.04. The van der Waals surface area contributed by atoms with Crippen LogP contribution >= 0.6 is 0 Å². The molecule has 0 aromatic heterocycles. The van der Waals surface area contributed by atoms with Gasteiger partial charge < -0.3 is 19.5 Å². The molecule has 8 heteroatoms. The Balaban J connectivity index is 1.91. The number of nitrogens with one attached hydrogen (secondary N) is 1. The molecule has 0 spiro atoms. The highest BCUT2D eigenvalue weighted by atomic mass is 19.3. The van der Waals surface area contributed by atoms with Gasteiger partial charge in [-0.3, -0.25) is 4.79 Å². The number of halogens is 2. The number of methoxy groups -OCH3 is 1. The fourth-order valence-electron chi connectivity index (χ4n) is 2.97. The molecule has 1 amide bonds. The van der Waals surface area contributed by atoms with E-state index in [4.69, 9.17) is 9.47 Å². The van der Waals surface area contributed by atoms with E-state index in [1.165, 1.54) is 25.3 Å². The molecule has 0 saturated carbocycles. The summed E-state index contributed by atoms with van der Waals surface area (Å²) < 4.78 is 39.2. The van der Waals surface area contributed by atoms with Crippen LogP contribution in [-0.4, -0.2) is 32.2 Å². The SMILES string of the molecule is COc1cc(CNC(=O)COC(=O)c2c(C)cc(C)cc2C)ccc1OC(F)F. The average Bonchev–Trinajstić information content (AvgIpc) is 2.64. The number of esters is 1. The highest BCUT2D eigenvalue weighted by Crippen LogP contribution is 2.29. The standard InChI is InChI=1S/C21H23F2NO5/c1-12-7-13(2)19(14(3)8-12)20(26)28-11-18(25)24-10-15-5-6-16(29-21(22)23)17(9-15)27-4/h5-9,21H,10-11H2,1-4H3,(H,24,25). The van der Waals surface area contributed by atoms with Gasteiger partial charge in [-0.25, -0.2) is 4.79 Å². The van der Waals surface area contributed by atoms with Gasteiger partial charge in [0.25, 0.3) is 5.91 Å². The van der Waals surface area contributed by atoms with Crippen LogP contribution < -0.4 is 14.8 Å². The molecule has 0 aliphatic carbocycles. The Labute approximate surface area is 167 Å². The van der Waals surface area contributed by atoms with Gasteiger partial charge in [0, 0.05) is 6.54 Å². The van der Waals surface area contributed by atoms with E-state index in [2.05, 4.69) is 10.1 Å². The Morgan fingerprint density at radius 1 is 1.03 bits per heavy atom. The molecule has 0 fully saturated rings. The summed E-state index contributed by atoms with van der Waals surface area (Å²) in [6.07, 6.45) is 0. The minimum Gasteiger partial charge on any atom is -0.493 e. The minimum atomic E-state index is -2.97. The van der Waals surface area contributed by atoms with Gasteiger partial charge in [-0.2, -0.15) is 8.78 Å². The van der Waals surface area contributed by atoms with Crippen molar-refractivity contribution in [1.82, 2.24) is 5.32 Å². The molecule has 1 N–H and O–H groups in total. The molecule has 0 unspecified atom stereocenters. The van der Waals surface area contributed by atoms with Gasteiger partial charge in [-0.1, -0.05) is 23.8 Å². The molecule has 0 aliphatic rings. The van der Waals surface area contributed by atoms with Crippen LogP contribution in [0.1, 0.15) is 32.6 Å². The molecule has 6 nitrogen and oxygen atoms in total. The van der Waals surface area contributed by atoms with Crippen LogP contribution in [0.15, 0.2) is 30.3 Å². The average molecular weight is 407 g/mol. The molecule has 0 bridgehead atoms. The third-order valence-corrected chi connectivity index (χ3v) is 4.15. The number of rotatable bonds is 8. The molecule has 2 aromatic carbocycles. The second kappa shape index (κ2) is 9.86. The highest BCUT2D eigenvalue weighted by molar-refractivity contribution is 5.94. The van der Waals surface area contributed by atoms with Gasteiger partial charge in [-0.15, -0.1) is 0 Å². The highest BCUT2D eigenvalue weighted by Gasteiger charge is 2.16. The van der Waals surface area contributed by atoms with Crippen LogP contribution in [0.2, 0.25) is 0 Å². The van der Waals surface area contributed by atoms with E-state index in [0.717, 1.165) is 16.7 Å². The van der Waals surface area contributed by atoms with E-state index in [1.807, 2.05) is 32.9 Å². The third-order valence-electron chi connectivity index (χ3n) is 4.15. The second-order valence-corrected chi connectivity index (χ2v) is 6.49. The van der Waals surface area contributed by atoms with Crippen molar-refractivity contribution in [3.8, 4) is 11.5 Å². The topological polar surface area (TPSA) is 73.9 Å². The lowest BCUT2D eigenvalue weighted by Gasteiger charge is -2.13. The van der Waals surface area contributed by atoms with Crippen LogP contribution in [0.25, 0.3) is 0 Å². The molecule has 0 saturated heterocycles. The first-order chi connectivity index (χ1) is 13.7. The predicted molar refractivity (Wildman–Crippen MR) is 102 cm³/mol.